The van der Waals surface area contributed by atoms with Crippen LogP contribution in [-0.4, -0.2) is 22.1 Å². The molecule has 23 heavy (non-hydrogen) atoms. The molecule has 123 valence electrons. The third-order valence-electron chi connectivity index (χ3n) is 2.73. The Labute approximate surface area is 161 Å². The van der Waals surface area contributed by atoms with Crippen LogP contribution < -0.4 is 0 Å². The molecule has 0 saturated carbocycles. The van der Waals surface area contributed by atoms with Crippen molar-refractivity contribution in [3.8, 4) is 5.75 Å². The number of hydrogen-bond donors (Lipinski definition) is 2. The fourth-order valence-electron chi connectivity index (χ4n) is 1.51. The van der Waals surface area contributed by atoms with Gasteiger partial charge in [0.1, 0.15) is 0 Å². The standard InChI is InChI=1S/C15H18NO5P.Y/c1-5-6-11(2)7-8-14-13(9-16-12(3)15(14)17)10-21-22(18,19)20-4;/h8-9,17H,1-2,6,10H2,3-4H3,(H,18,19);/q-2;. The molecule has 0 aliphatic rings. The first-order valence-corrected chi connectivity index (χ1v) is 7.78. The summed E-state index contributed by atoms with van der Waals surface area (Å²) in [5.74, 6) is -0.0610. The molecule has 0 spiro atoms. The SMILES string of the molecule is C=[C-]CC(=C)[C-]=Cc1c(COP(=O)(O)OC)cnc(C)c1O.[Y]. The maximum Gasteiger partial charge on any atom is 0.472 e. The number of aromatic nitrogens is 1. The van der Waals surface area contributed by atoms with Gasteiger partial charge in [0.2, 0.25) is 0 Å². The molecule has 1 rings (SSSR count). The Morgan fingerprint density at radius 1 is 1.57 bits per heavy atom. The van der Waals surface area contributed by atoms with Crippen molar-refractivity contribution < 1.29 is 56.3 Å². The van der Waals surface area contributed by atoms with E-state index in [0.717, 1.165) is 7.11 Å². The van der Waals surface area contributed by atoms with Crippen LogP contribution >= 0.6 is 7.82 Å². The van der Waals surface area contributed by atoms with E-state index < -0.39 is 7.82 Å². The van der Waals surface area contributed by atoms with Gasteiger partial charge in [-0.15, -0.1) is 0 Å². The largest absolute Gasteiger partial charge is 0.518 e. The van der Waals surface area contributed by atoms with Gasteiger partial charge >= 0.3 is 7.82 Å². The predicted octanol–water partition coefficient (Wildman–Crippen LogP) is 3.11. The fourth-order valence-corrected chi connectivity index (χ4v) is 1.92. The first-order valence-electron chi connectivity index (χ1n) is 6.28. The molecule has 1 aromatic rings. The quantitative estimate of drug-likeness (QED) is 0.388. The second-order valence-corrected chi connectivity index (χ2v) is 5.94. The number of hydrogen-bond acceptors (Lipinski definition) is 5. The van der Waals surface area contributed by atoms with Crippen molar-refractivity contribution in [2.75, 3.05) is 7.11 Å². The average molecular weight is 412 g/mol. The number of allylic oxidation sites excluding steroid dienone is 3. The van der Waals surface area contributed by atoms with Crippen molar-refractivity contribution in [2.45, 2.75) is 20.0 Å². The summed E-state index contributed by atoms with van der Waals surface area (Å²) in [7, 11) is -3.05. The number of pyridine rings is 1. The minimum Gasteiger partial charge on any atom is -0.518 e. The van der Waals surface area contributed by atoms with Crippen LogP contribution in [0.5, 0.6) is 5.75 Å². The van der Waals surface area contributed by atoms with Crippen molar-refractivity contribution >= 4 is 13.9 Å². The van der Waals surface area contributed by atoms with Crippen LogP contribution in [0.25, 0.3) is 6.08 Å². The zero-order chi connectivity index (χ0) is 16.8. The van der Waals surface area contributed by atoms with Crippen LogP contribution in [0.15, 0.2) is 24.9 Å². The summed E-state index contributed by atoms with van der Waals surface area (Å²) in [5, 5.41) is 10.1. The zero-order valence-corrected chi connectivity index (χ0v) is 16.8. The van der Waals surface area contributed by atoms with Crippen LogP contribution in [0.2, 0.25) is 0 Å². The molecule has 1 atom stereocenters. The van der Waals surface area contributed by atoms with E-state index in [2.05, 4.69) is 34.8 Å². The Balaban J connectivity index is 0.00000484. The van der Waals surface area contributed by atoms with Gasteiger partial charge in [0, 0.05) is 46.0 Å². The molecule has 1 unspecified atom stereocenters. The van der Waals surface area contributed by atoms with Crippen molar-refractivity contribution in [2.24, 2.45) is 0 Å². The van der Waals surface area contributed by atoms with E-state index in [1.54, 1.807) is 6.92 Å². The fraction of sp³-hybridized carbons (Fsp3) is 0.267. The summed E-state index contributed by atoms with van der Waals surface area (Å²) in [5.41, 5.74) is 1.84. The third-order valence-corrected chi connectivity index (χ3v) is 3.65. The van der Waals surface area contributed by atoms with Crippen molar-refractivity contribution in [1.82, 2.24) is 4.98 Å². The molecule has 1 heterocycles. The molecule has 0 bridgehead atoms. The van der Waals surface area contributed by atoms with E-state index in [-0.39, 0.29) is 45.1 Å². The number of aromatic hydroxyl groups is 1. The van der Waals surface area contributed by atoms with Crippen LogP contribution in [0.1, 0.15) is 23.2 Å². The van der Waals surface area contributed by atoms with Gasteiger partial charge in [0.05, 0.1) is 18.1 Å². The average Bonchev–Trinajstić information content (AvgIpc) is 2.47. The van der Waals surface area contributed by atoms with Gasteiger partial charge in [-0.1, -0.05) is 5.56 Å². The third kappa shape index (κ3) is 7.21. The molecular weight excluding hydrogens is 394 g/mol. The Morgan fingerprint density at radius 3 is 2.78 bits per heavy atom. The van der Waals surface area contributed by atoms with Crippen LogP contribution in [0.3, 0.4) is 0 Å². The second kappa shape index (κ2) is 10.3. The van der Waals surface area contributed by atoms with E-state index in [0.29, 0.717) is 28.8 Å². The normalized spacial score (nSPS) is 13.3. The number of nitrogens with zero attached hydrogens (tertiary/aromatic N) is 1. The molecule has 6 nitrogen and oxygen atoms in total. The molecule has 0 amide bonds. The topological polar surface area (TPSA) is 88.9 Å². The van der Waals surface area contributed by atoms with Gasteiger partial charge in [-0.3, -0.25) is 20.6 Å². The summed E-state index contributed by atoms with van der Waals surface area (Å²) >= 11 is 0. The van der Waals surface area contributed by atoms with E-state index in [1.165, 1.54) is 12.3 Å². The van der Waals surface area contributed by atoms with Gasteiger partial charge in [0.25, 0.3) is 0 Å². The summed E-state index contributed by atoms with van der Waals surface area (Å²) in [4.78, 5) is 13.3. The Bertz CT molecular complexity index is 645. The van der Waals surface area contributed by atoms with Crippen molar-refractivity contribution in [1.29, 1.82) is 0 Å². The predicted molar refractivity (Wildman–Crippen MR) is 82.6 cm³/mol. The minimum atomic E-state index is -4.11. The summed E-state index contributed by atoms with van der Waals surface area (Å²) in [6.07, 6.45) is 8.96. The number of phosphoric acid groups is 1. The minimum absolute atomic E-state index is 0. The van der Waals surface area contributed by atoms with Gasteiger partial charge in [-0.25, -0.2) is 4.57 Å². The maximum absolute atomic E-state index is 11.3. The van der Waals surface area contributed by atoms with Crippen LogP contribution in [-0.2, 0) is 52.9 Å². The molecule has 0 saturated heterocycles. The smallest absolute Gasteiger partial charge is 0.472 e. The van der Waals surface area contributed by atoms with Crippen LogP contribution in [0, 0.1) is 19.1 Å². The molecule has 0 aliphatic heterocycles. The molecule has 0 aromatic carbocycles. The van der Waals surface area contributed by atoms with E-state index in [1.807, 2.05) is 0 Å². The second-order valence-electron chi connectivity index (χ2n) is 4.37. The molecule has 1 radical (unpaired) electrons. The molecule has 1 aromatic heterocycles. The molecule has 0 aliphatic carbocycles. The monoisotopic (exact) mass is 412 g/mol. The first kappa shape index (κ1) is 22.4. The number of phosphoric ester groups is 1. The van der Waals surface area contributed by atoms with E-state index in [4.69, 9.17) is 4.52 Å². The summed E-state index contributed by atoms with van der Waals surface area (Å²) < 4.78 is 20.5. The molecule has 0 fully saturated rings. The Hall–Kier alpha value is -0.616. The van der Waals surface area contributed by atoms with Gasteiger partial charge in [-0.05, 0) is 12.5 Å². The number of rotatable bonds is 8. The van der Waals surface area contributed by atoms with E-state index >= 15 is 0 Å². The zero-order valence-electron chi connectivity index (χ0n) is 13.1. The molecular formula is C15H18NO5PY-2. The van der Waals surface area contributed by atoms with Gasteiger partial charge in [-0.2, -0.15) is 30.7 Å². The Morgan fingerprint density at radius 2 is 2.22 bits per heavy atom. The first-order chi connectivity index (χ1) is 10.3. The summed E-state index contributed by atoms with van der Waals surface area (Å²) in [6, 6.07) is 0. The van der Waals surface area contributed by atoms with Gasteiger partial charge in [0.15, 0.2) is 0 Å². The van der Waals surface area contributed by atoms with Gasteiger partial charge < -0.3 is 16.1 Å². The number of aryl methyl sites for hydroxylation is 1. The maximum atomic E-state index is 11.3. The molecule has 8 heteroatoms. The van der Waals surface area contributed by atoms with Crippen molar-refractivity contribution in [3.05, 3.63) is 53.9 Å². The van der Waals surface area contributed by atoms with Crippen molar-refractivity contribution in [3.63, 3.8) is 0 Å². The molecule has 2 N–H and O–H groups in total. The summed E-state index contributed by atoms with van der Waals surface area (Å²) in [6.45, 7) is 8.62. The Kier molecular flexibility index (Phi) is 10.0. The van der Waals surface area contributed by atoms with Crippen LogP contribution in [0.4, 0.5) is 0 Å². The van der Waals surface area contributed by atoms with E-state index in [9.17, 15) is 14.6 Å².